The van der Waals surface area contributed by atoms with Crippen LogP contribution in [0.5, 0.6) is 0 Å². The molecular formula is C19H20N2O3. The third-order valence-corrected chi connectivity index (χ3v) is 4.28. The van der Waals surface area contributed by atoms with Gasteiger partial charge in [0.05, 0.1) is 6.61 Å². The van der Waals surface area contributed by atoms with E-state index < -0.39 is 6.04 Å². The van der Waals surface area contributed by atoms with E-state index in [1.807, 2.05) is 37.3 Å². The van der Waals surface area contributed by atoms with Crippen molar-refractivity contribution in [2.75, 3.05) is 6.61 Å². The van der Waals surface area contributed by atoms with Gasteiger partial charge in [-0.2, -0.15) is 0 Å². The van der Waals surface area contributed by atoms with Crippen LogP contribution in [0.3, 0.4) is 0 Å². The molecule has 3 rings (SSSR count). The lowest BCUT2D eigenvalue weighted by atomic mass is 9.93. The average Bonchev–Trinajstić information content (AvgIpc) is 2.60. The molecule has 2 heterocycles. The summed E-state index contributed by atoms with van der Waals surface area (Å²) in [7, 11) is 0. The molecule has 1 amide bonds. The molecule has 0 aliphatic carbocycles. The highest BCUT2D eigenvalue weighted by Crippen LogP contribution is 2.26. The van der Waals surface area contributed by atoms with Crippen LogP contribution in [0.15, 0.2) is 42.6 Å². The smallest absolute Gasteiger partial charge is 0.329 e. The first-order valence-corrected chi connectivity index (χ1v) is 8.07. The Labute approximate surface area is 141 Å². The number of aromatic nitrogens is 1. The van der Waals surface area contributed by atoms with Gasteiger partial charge in [0, 0.05) is 19.2 Å². The topological polar surface area (TPSA) is 59.5 Å². The fourth-order valence-corrected chi connectivity index (χ4v) is 3.03. The number of rotatable bonds is 3. The molecule has 0 fully saturated rings. The van der Waals surface area contributed by atoms with Crippen molar-refractivity contribution in [2.24, 2.45) is 0 Å². The largest absolute Gasteiger partial charge is 0.464 e. The van der Waals surface area contributed by atoms with E-state index in [9.17, 15) is 9.59 Å². The molecule has 0 radical (unpaired) electrons. The van der Waals surface area contributed by atoms with Gasteiger partial charge in [-0.25, -0.2) is 4.79 Å². The van der Waals surface area contributed by atoms with Gasteiger partial charge in [0.25, 0.3) is 5.91 Å². The lowest BCUT2D eigenvalue weighted by molar-refractivity contribution is -0.149. The molecule has 5 nitrogen and oxygen atoms in total. The molecule has 24 heavy (non-hydrogen) atoms. The quantitative estimate of drug-likeness (QED) is 0.814. The van der Waals surface area contributed by atoms with Gasteiger partial charge in [-0.1, -0.05) is 30.3 Å². The first kappa shape index (κ1) is 16.2. The number of benzene rings is 1. The highest BCUT2D eigenvalue weighted by Gasteiger charge is 2.36. The van der Waals surface area contributed by atoms with Gasteiger partial charge < -0.3 is 9.64 Å². The van der Waals surface area contributed by atoms with Crippen LogP contribution < -0.4 is 0 Å². The molecule has 0 saturated heterocycles. The minimum absolute atomic E-state index is 0.236. The molecule has 1 aliphatic rings. The minimum Gasteiger partial charge on any atom is -0.464 e. The summed E-state index contributed by atoms with van der Waals surface area (Å²) < 4.78 is 5.19. The Hall–Kier alpha value is -2.69. The van der Waals surface area contributed by atoms with E-state index in [1.165, 1.54) is 0 Å². The lowest BCUT2D eigenvalue weighted by Crippen LogP contribution is -2.49. The van der Waals surface area contributed by atoms with Crippen LogP contribution in [-0.4, -0.2) is 34.4 Å². The normalized spacial score (nSPS) is 16.4. The van der Waals surface area contributed by atoms with E-state index in [1.54, 1.807) is 24.1 Å². The molecule has 0 spiro atoms. The Bertz CT molecular complexity index is 773. The number of nitrogens with zero attached hydrogens (tertiary/aromatic N) is 2. The molecule has 1 unspecified atom stereocenters. The van der Waals surface area contributed by atoms with Crippen LogP contribution in [-0.2, 0) is 22.5 Å². The monoisotopic (exact) mass is 324 g/mol. The Kier molecular flexibility index (Phi) is 4.60. The molecule has 0 bridgehead atoms. The number of esters is 1. The number of amides is 1. The van der Waals surface area contributed by atoms with Crippen LogP contribution in [0.4, 0.5) is 0 Å². The van der Waals surface area contributed by atoms with Crippen molar-refractivity contribution >= 4 is 11.9 Å². The van der Waals surface area contributed by atoms with Crippen molar-refractivity contribution in [3.8, 4) is 0 Å². The fraction of sp³-hybridized carbons (Fsp3) is 0.316. The highest BCUT2D eigenvalue weighted by atomic mass is 16.5. The maximum Gasteiger partial charge on any atom is 0.329 e. The zero-order valence-corrected chi connectivity index (χ0v) is 13.9. The Morgan fingerprint density at radius 1 is 1.21 bits per heavy atom. The molecule has 0 saturated carbocycles. The van der Waals surface area contributed by atoms with Crippen LogP contribution in [0.1, 0.15) is 34.1 Å². The van der Waals surface area contributed by atoms with Crippen LogP contribution in [0.2, 0.25) is 0 Å². The zero-order valence-electron chi connectivity index (χ0n) is 13.9. The van der Waals surface area contributed by atoms with Gasteiger partial charge in [0.2, 0.25) is 0 Å². The number of fused-ring (bicyclic) bond motifs is 1. The highest BCUT2D eigenvalue weighted by molar-refractivity contribution is 5.96. The maximum absolute atomic E-state index is 13.0. The first-order chi connectivity index (χ1) is 11.6. The van der Waals surface area contributed by atoms with Gasteiger partial charge in [-0.15, -0.1) is 0 Å². The zero-order chi connectivity index (χ0) is 17.1. The molecule has 1 aromatic carbocycles. The molecule has 124 valence electrons. The molecule has 1 aliphatic heterocycles. The molecule has 0 N–H and O–H groups in total. The second kappa shape index (κ2) is 6.83. The van der Waals surface area contributed by atoms with Crippen molar-refractivity contribution in [1.82, 2.24) is 9.88 Å². The van der Waals surface area contributed by atoms with Crippen molar-refractivity contribution in [3.05, 3.63) is 65.0 Å². The number of carbonyl (C=O) groups excluding carboxylic acids is 2. The van der Waals surface area contributed by atoms with E-state index in [2.05, 4.69) is 4.98 Å². The average molecular weight is 324 g/mol. The molecule has 1 atom stereocenters. The van der Waals surface area contributed by atoms with Gasteiger partial charge in [0.15, 0.2) is 0 Å². The van der Waals surface area contributed by atoms with E-state index >= 15 is 0 Å². The molecule has 5 heteroatoms. The van der Waals surface area contributed by atoms with Crippen molar-refractivity contribution in [1.29, 1.82) is 0 Å². The summed E-state index contributed by atoms with van der Waals surface area (Å²) in [5, 5.41) is 0. The predicted molar refractivity (Wildman–Crippen MR) is 89.4 cm³/mol. The predicted octanol–water partition coefficient (Wildman–Crippen LogP) is 2.52. The van der Waals surface area contributed by atoms with E-state index in [0.29, 0.717) is 25.3 Å². The number of ether oxygens (including phenoxy) is 1. The van der Waals surface area contributed by atoms with Crippen LogP contribution in [0, 0.1) is 6.92 Å². The van der Waals surface area contributed by atoms with Gasteiger partial charge in [-0.3, -0.25) is 9.78 Å². The van der Waals surface area contributed by atoms with Crippen LogP contribution in [0.25, 0.3) is 0 Å². The number of carbonyl (C=O) groups is 2. The van der Waals surface area contributed by atoms with E-state index in [0.717, 1.165) is 16.7 Å². The third kappa shape index (κ3) is 3.02. The number of pyridine rings is 1. The van der Waals surface area contributed by atoms with Gasteiger partial charge >= 0.3 is 5.97 Å². The Morgan fingerprint density at radius 3 is 2.67 bits per heavy atom. The second-order valence-electron chi connectivity index (χ2n) is 5.84. The lowest BCUT2D eigenvalue weighted by Gasteiger charge is -2.35. The first-order valence-electron chi connectivity index (χ1n) is 8.07. The minimum atomic E-state index is -0.617. The summed E-state index contributed by atoms with van der Waals surface area (Å²) >= 11 is 0. The number of hydrogen-bond acceptors (Lipinski definition) is 4. The Balaban J connectivity index is 1.97. The molecule has 2 aromatic rings. The standard InChI is InChI=1S/C19H20N2O3/c1-3-24-19(23)16-11-14-8-4-5-9-15(14)12-21(16)18(22)17-13(2)7-6-10-20-17/h4-10,16H,3,11-12H2,1-2H3. The summed E-state index contributed by atoms with van der Waals surface area (Å²) in [5.74, 6) is -0.602. The van der Waals surface area contributed by atoms with E-state index in [4.69, 9.17) is 4.74 Å². The third-order valence-electron chi connectivity index (χ3n) is 4.28. The summed E-state index contributed by atoms with van der Waals surface area (Å²) in [5.41, 5.74) is 3.31. The van der Waals surface area contributed by atoms with Crippen molar-refractivity contribution < 1.29 is 14.3 Å². The number of aryl methyl sites for hydroxylation is 1. The van der Waals surface area contributed by atoms with Crippen molar-refractivity contribution in [2.45, 2.75) is 32.9 Å². The Morgan fingerprint density at radius 2 is 1.96 bits per heavy atom. The summed E-state index contributed by atoms with van der Waals surface area (Å²) in [6.45, 7) is 4.29. The SMILES string of the molecule is CCOC(=O)C1Cc2ccccc2CN1C(=O)c1ncccc1C. The summed E-state index contributed by atoms with van der Waals surface area (Å²) in [6, 6.07) is 10.9. The summed E-state index contributed by atoms with van der Waals surface area (Å²) in [6.07, 6.45) is 2.06. The fourth-order valence-electron chi connectivity index (χ4n) is 3.03. The molecule has 1 aromatic heterocycles. The molecular weight excluding hydrogens is 304 g/mol. The van der Waals surface area contributed by atoms with Crippen molar-refractivity contribution in [3.63, 3.8) is 0 Å². The number of hydrogen-bond donors (Lipinski definition) is 0. The van der Waals surface area contributed by atoms with Gasteiger partial charge in [-0.05, 0) is 36.6 Å². The maximum atomic E-state index is 13.0. The van der Waals surface area contributed by atoms with Gasteiger partial charge in [0.1, 0.15) is 11.7 Å². The summed E-state index contributed by atoms with van der Waals surface area (Å²) in [4.78, 5) is 31.2. The van der Waals surface area contributed by atoms with E-state index in [-0.39, 0.29) is 11.9 Å². The second-order valence-corrected chi connectivity index (χ2v) is 5.84. The van der Waals surface area contributed by atoms with Crippen LogP contribution >= 0.6 is 0 Å².